The molecular weight excluding hydrogens is 285 g/mol. The topological polar surface area (TPSA) is 39.4 Å². The van der Waals surface area contributed by atoms with Crippen LogP contribution in [0.15, 0.2) is 42.6 Å². The molecule has 0 bridgehead atoms. The van der Waals surface area contributed by atoms with Crippen LogP contribution in [0.1, 0.15) is 5.82 Å². The zero-order valence-corrected chi connectivity index (χ0v) is 11.3. The zero-order valence-electron chi connectivity index (χ0n) is 9.75. The van der Waals surface area contributed by atoms with Crippen LogP contribution >= 0.6 is 23.2 Å². The lowest BCUT2D eigenvalue weighted by Crippen LogP contribution is -2.01. The molecule has 0 amide bonds. The van der Waals surface area contributed by atoms with Crippen LogP contribution in [0, 0.1) is 0 Å². The Morgan fingerprint density at radius 2 is 1.79 bits per heavy atom. The number of hydrogen-bond acceptors (Lipinski definition) is 3. The van der Waals surface area contributed by atoms with Crippen molar-refractivity contribution >= 4 is 28.8 Å². The molecule has 0 aliphatic rings. The number of aromatic nitrogens is 3. The highest BCUT2D eigenvalue weighted by Crippen LogP contribution is 2.24. The normalized spacial score (nSPS) is 10.8. The first-order valence-corrected chi connectivity index (χ1v) is 6.37. The summed E-state index contributed by atoms with van der Waals surface area (Å²) in [5.41, 5.74) is 0.613. The van der Waals surface area contributed by atoms with Crippen molar-refractivity contribution in [2.24, 2.45) is 0 Å². The van der Waals surface area contributed by atoms with E-state index < -0.39 is 0 Å². The molecule has 0 spiro atoms. The summed E-state index contributed by atoms with van der Waals surface area (Å²) in [6.07, 6.45) is 1.84. The minimum absolute atomic E-state index is 0.269. The maximum absolute atomic E-state index is 6.03. The molecule has 96 valence electrons. The molecule has 0 radical (unpaired) electrons. The van der Waals surface area contributed by atoms with Gasteiger partial charge in [0.05, 0.1) is 10.0 Å². The van der Waals surface area contributed by atoms with Crippen LogP contribution in [0.4, 0.5) is 0 Å². The van der Waals surface area contributed by atoms with Crippen molar-refractivity contribution in [3.05, 3.63) is 58.5 Å². The second-order valence-electron chi connectivity index (χ2n) is 3.89. The van der Waals surface area contributed by atoms with Crippen molar-refractivity contribution in [2.45, 2.75) is 6.61 Å². The van der Waals surface area contributed by atoms with Gasteiger partial charge in [0.25, 0.3) is 0 Å². The molecule has 2 aromatic heterocycles. The maximum Gasteiger partial charge on any atom is 0.179 e. The van der Waals surface area contributed by atoms with E-state index >= 15 is 0 Å². The van der Waals surface area contributed by atoms with Gasteiger partial charge in [0, 0.05) is 6.20 Å². The lowest BCUT2D eigenvalue weighted by atomic mass is 10.3. The molecule has 2 heterocycles. The maximum atomic E-state index is 6.03. The molecular formula is C13H9Cl2N3O. The number of pyridine rings is 1. The molecule has 0 unspecified atom stereocenters. The quantitative estimate of drug-likeness (QED) is 0.740. The van der Waals surface area contributed by atoms with Gasteiger partial charge in [-0.25, -0.2) is 0 Å². The van der Waals surface area contributed by atoms with Crippen LogP contribution in [0.25, 0.3) is 5.65 Å². The van der Waals surface area contributed by atoms with Crippen LogP contribution in [-0.4, -0.2) is 14.6 Å². The van der Waals surface area contributed by atoms with E-state index in [1.165, 1.54) is 0 Å². The van der Waals surface area contributed by atoms with Gasteiger partial charge in [0.2, 0.25) is 0 Å². The predicted molar refractivity (Wildman–Crippen MR) is 73.8 cm³/mol. The molecule has 0 aliphatic carbocycles. The first-order valence-electron chi connectivity index (χ1n) is 5.61. The van der Waals surface area contributed by atoms with Gasteiger partial charge in [-0.1, -0.05) is 35.3 Å². The van der Waals surface area contributed by atoms with Crippen molar-refractivity contribution < 1.29 is 4.74 Å². The van der Waals surface area contributed by atoms with Crippen LogP contribution in [0.5, 0.6) is 5.75 Å². The van der Waals surface area contributed by atoms with Crippen molar-refractivity contribution in [3.8, 4) is 5.75 Å². The third-order valence-electron chi connectivity index (χ3n) is 2.65. The fourth-order valence-electron chi connectivity index (χ4n) is 1.73. The van der Waals surface area contributed by atoms with Gasteiger partial charge in [0.1, 0.15) is 12.4 Å². The molecule has 19 heavy (non-hydrogen) atoms. The van der Waals surface area contributed by atoms with E-state index in [-0.39, 0.29) is 6.61 Å². The standard InChI is InChI=1S/C13H9Cl2N3O/c14-9-4-1-2-6-11(9)19-8-12-16-17-13-10(15)5-3-7-18(12)13/h1-7H,8H2. The molecule has 1 aromatic carbocycles. The molecule has 6 heteroatoms. The lowest BCUT2D eigenvalue weighted by Gasteiger charge is -2.06. The van der Waals surface area contributed by atoms with Crippen LogP contribution in [0.2, 0.25) is 10.0 Å². The molecule has 0 saturated heterocycles. The second kappa shape index (κ2) is 5.07. The van der Waals surface area contributed by atoms with Gasteiger partial charge in [-0.2, -0.15) is 0 Å². The largest absolute Gasteiger partial charge is 0.484 e. The highest BCUT2D eigenvalue weighted by atomic mass is 35.5. The first-order chi connectivity index (χ1) is 9.25. The molecule has 4 nitrogen and oxygen atoms in total. The molecule has 3 aromatic rings. The Morgan fingerprint density at radius 3 is 2.63 bits per heavy atom. The Morgan fingerprint density at radius 1 is 1.00 bits per heavy atom. The summed E-state index contributed by atoms with van der Waals surface area (Å²) in [7, 11) is 0. The smallest absolute Gasteiger partial charge is 0.179 e. The van der Waals surface area contributed by atoms with E-state index in [9.17, 15) is 0 Å². The molecule has 0 fully saturated rings. The SMILES string of the molecule is Clc1ccccc1OCc1nnc2c(Cl)cccn12. The lowest BCUT2D eigenvalue weighted by molar-refractivity contribution is 0.294. The summed E-state index contributed by atoms with van der Waals surface area (Å²) in [5, 5.41) is 9.20. The summed E-state index contributed by atoms with van der Waals surface area (Å²) in [5.74, 6) is 1.28. The number of halogens is 2. The van der Waals surface area contributed by atoms with E-state index in [4.69, 9.17) is 27.9 Å². The van der Waals surface area contributed by atoms with Crippen molar-refractivity contribution in [3.63, 3.8) is 0 Å². The Hall–Kier alpha value is -1.78. The van der Waals surface area contributed by atoms with Crippen LogP contribution in [-0.2, 0) is 6.61 Å². The van der Waals surface area contributed by atoms with Gasteiger partial charge in [-0.3, -0.25) is 4.40 Å². The van der Waals surface area contributed by atoms with Gasteiger partial charge in [-0.05, 0) is 24.3 Å². The monoisotopic (exact) mass is 293 g/mol. The molecule has 0 atom stereocenters. The van der Waals surface area contributed by atoms with E-state index in [0.29, 0.717) is 27.3 Å². The summed E-state index contributed by atoms with van der Waals surface area (Å²) in [4.78, 5) is 0. The summed E-state index contributed by atoms with van der Waals surface area (Å²) < 4.78 is 7.42. The Labute approximate surface area is 119 Å². The molecule has 3 rings (SSSR count). The van der Waals surface area contributed by atoms with Gasteiger partial charge >= 0.3 is 0 Å². The number of para-hydroxylation sites is 1. The van der Waals surface area contributed by atoms with Gasteiger partial charge in [-0.15, -0.1) is 10.2 Å². The van der Waals surface area contributed by atoms with E-state index in [2.05, 4.69) is 10.2 Å². The van der Waals surface area contributed by atoms with Crippen molar-refractivity contribution in [1.29, 1.82) is 0 Å². The Bertz CT molecular complexity index is 727. The van der Waals surface area contributed by atoms with E-state index in [1.807, 2.05) is 24.4 Å². The fraction of sp³-hybridized carbons (Fsp3) is 0.0769. The summed E-state index contributed by atoms with van der Waals surface area (Å²) in [6.45, 7) is 0.269. The minimum Gasteiger partial charge on any atom is -0.484 e. The Kier molecular flexibility index (Phi) is 3.27. The second-order valence-corrected chi connectivity index (χ2v) is 4.70. The molecule has 0 saturated carbocycles. The summed E-state index contributed by atoms with van der Waals surface area (Å²) in [6, 6.07) is 10.9. The number of fused-ring (bicyclic) bond motifs is 1. The van der Waals surface area contributed by atoms with Crippen LogP contribution in [0.3, 0.4) is 0 Å². The number of benzene rings is 1. The molecule has 0 aliphatic heterocycles. The Balaban J connectivity index is 1.87. The number of hydrogen-bond donors (Lipinski definition) is 0. The number of ether oxygens (including phenoxy) is 1. The van der Waals surface area contributed by atoms with E-state index in [1.54, 1.807) is 22.6 Å². The van der Waals surface area contributed by atoms with Crippen molar-refractivity contribution in [1.82, 2.24) is 14.6 Å². The molecule has 0 N–H and O–H groups in total. The number of rotatable bonds is 3. The van der Waals surface area contributed by atoms with Crippen molar-refractivity contribution in [2.75, 3.05) is 0 Å². The first kappa shape index (κ1) is 12.3. The third-order valence-corrected chi connectivity index (χ3v) is 3.26. The zero-order chi connectivity index (χ0) is 13.2. The predicted octanol–water partition coefficient (Wildman–Crippen LogP) is 3.62. The van der Waals surface area contributed by atoms with E-state index in [0.717, 1.165) is 0 Å². The highest BCUT2D eigenvalue weighted by Gasteiger charge is 2.09. The third kappa shape index (κ3) is 2.37. The minimum atomic E-state index is 0.269. The van der Waals surface area contributed by atoms with Crippen LogP contribution < -0.4 is 4.74 Å². The van der Waals surface area contributed by atoms with Gasteiger partial charge < -0.3 is 4.74 Å². The highest BCUT2D eigenvalue weighted by molar-refractivity contribution is 6.33. The number of nitrogens with zero attached hydrogens (tertiary/aromatic N) is 3. The van der Waals surface area contributed by atoms with Gasteiger partial charge in [0.15, 0.2) is 11.5 Å². The fourth-order valence-corrected chi connectivity index (χ4v) is 2.13. The summed E-state index contributed by atoms with van der Waals surface area (Å²) >= 11 is 12.0. The average molecular weight is 294 g/mol. The average Bonchev–Trinajstić information content (AvgIpc) is 2.83.